The van der Waals surface area contributed by atoms with Gasteiger partial charge in [-0.3, -0.25) is 0 Å². The molecule has 0 saturated heterocycles. The highest BCUT2D eigenvalue weighted by atomic mass is 79.9. The molecule has 0 aromatic heterocycles. The van der Waals surface area contributed by atoms with E-state index in [0.717, 1.165) is 0 Å². The van der Waals surface area contributed by atoms with Crippen molar-refractivity contribution in [2.24, 2.45) is 0 Å². The number of hydrogen-bond donors (Lipinski definition) is 2. The molecule has 0 radical (unpaired) electrons. The molecule has 0 atom stereocenters. The molecule has 0 aliphatic rings. The first-order chi connectivity index (χ1) is 5.16. The highest BCUT2D eigenvalue weighted by Gasteiger charge is 2.08. The van der Waals surface area contributed by atoms with Crippen LogP contribution in [0.1, 0.15) is 0 Å². The molecule has 3 nitrogen and oxygen atoms in total. The average molecular weight is 218 g/mol. The first-order valence-electron chi connectivity index (χ1n) is 2.97. The Balaban J connectivity index is 3.29. The van der Waals surface area contributed by atoms with Crippen LogP contribution in [-0.4, -0.2) is 12.2 Å². The number of phenolic OH excluding ortho intramolecular Hbond substituents is 1. The molecule has 0 amide bonds. The molecule has 0 bridgehead atoms. The first-order valence-corrected chi connectivity index (χ1v) is 3.77. The number of rotatable bonds is 1. The summed E-state index contributed by atoms with van der Waals surface area (Å²) in [7, 11) is 1.47. The summed E-state index contributed by atoms with van der Waals surface area (Å²) in [6.45, 7) is 0. The number of benzene rings is 1. The highest BCUT2D eigenvalue weighted by Crippen LogP contribution is 2.38. The lowest BCUT2D eigenvalue weighted by Crippen LogP contribution is -1.90. The van der Waals surface area contributed by atoms with E-state index >= 15 is 0 Å². The summed E-state index contributed by atoms with van der Waals surface area (Å²) in [5, 5.41) is 9.30. The zero-order valence-electron chi connectivity index (χ0n) is 5.97. The van der Waals surface area contributed by atoms with Gasteiger partial charge in [-0.1, -0.05) is 0 Å². The molecule has 11 heavy (non-hydrogen) atoms. The van der Waals surface area contributed by atoms with Crippen LogP contribution in [0.3, 0.4) is 0 Å². The van der Waals surface area contributed by atoms with Crippen molar-refractivity contribution < 1.29 is 9.84 Å². The number of halogens is 1. The minimum Gasteiger partial charge on any atom is -0.503 e. The molecule has 3 N–H and O–H groups in total. The Bertz CT molecular complexity index is 275. The van der Waals surface area contributed by atoms with Crippen molar-refractivity contribution in [3.8, 4) is 11.5 Å². The standard InChI is InChI=1S/C7H8BrNO2/c1-11-7-4(8)2-3-5(9)6(7)10/h2-3,10H,9H2,1H3. The van der Waals surface area contributed by atoms with Gasteiger partial charge in [0.1, 0.15) is 0 Å². The molecule has 1 rings (SSSR count). The summed E-state index contributed by atoms with van der Waals surface area (Å²) >= 11 is 3.20. The number of aromatic hydroxyl groups is 1. The number of nitrogen functional groups attached to an aromatic ring is 1. The van der Waals surface area contributed by atoms with E-state index in [2.05, 4.69) is 15.9 Å². The molecule has 1 aromatic carbocycles. The van der Waals surface area contributed by atoms with Crippen LogP contribution in [-0.2, 0) is 0 Å². The van der Waals surface area contributed by atoms with Gasteiger partial charge in [-0.2, -0.15) is 0 Å². The van der Waals surface area contributed by atoms with E-state index in [-0.39, 0.29) is 5.75 Å². The molecule has 0 spiro atoms. The lowest BCUT2D eigenvalue weighted by Gasteiger charge is -2.06. The Morgan fingerprint density at radius 1 is 1.55 bits per heavy atom. The fraction of sp³-hybridized carbons (Fsp3) is 0.143. The van der Waals surface area contributed by atoms with Crippen molar-refractivity contribution in [1.82, 2.24) is 0 Å². The summed E-state index contributed by atoms with van der Waals surface area (Å²) in [6.07, 6.45) is 0. The molecule has 0 heterocycles. The van der Waals surface area contributed by atoms with Gasteiger partial charge in [0, 0.05) is 0 Å². The van der Waals surface area contributed by atoms with Gasteiger partial charge in [0.05, 0.1) is 17.3 Å². The van der Waals surface area contributed by atoms with Crippen LogP contribution in [0.15, 0.2) is 16.6 Å². The summed E-state index contributed by atoms with van der Waals surface area (Å²) in [4.78, 5) is 0. The van der Waals surface area contributed by atoms with E-state index in [1.807, 2.05) is 0 Å². The SMILES string of the molecule is COc1c(Br)ccc(N)c1O. The second-order valence-electron chi connectivity index (χ2n) is 2.02. The van der Waals surface area contributed by atoms with Gasteiger partial charge in [-0.15, -0.1) is 0 Å². The van der Waals surface area contributed by atoms with Crippen LogP contribution in [0, 0.1) is 0 Å². The first kappa shape index (κ1) is 8.20. The third kappa shape index (κ3) is 1.40. The highest BCUT2D eigenvalue weighted by molar-refractivity contribution is 9.10. The summed E-state index contributed by atoms with van der Waals surface area (Å²) < 4.78 is 5.57. The normalized spacial score (nSPS) is 9.64. The van der Waals surface area contributed by atoms with Gasteiger partial charge < -0.3 is 15.6 Å². The number of anilines is 1. The lowest BCUT2D eigenvalue weighted by atomic mass is 10.3. The molecular formula is C7H8BrNO2. The van der Waals surface area contributed by atoms with Crippen LogP contribution in [0.4, 0.5) is 5.69 Å². The van der Waals surface area contributed by atoms with E-state index in [1.165, 1.54) is 7.11 Å². The average Bonchev–Trinajstić information content (AvgIpc) is 1.99. The molecule has 1 aromatic rings. The Morgan fingerprint density at radius 2 is 2.18 bits per heavy atom. The Kier molecular flexibility index (Phi) is 2.24. The van der Waals surface area contributed by atoms with E-state index in [4.69, 9.17) is 10.5 Å². The molecule has 0 saturated carbocycles. The quantitative estimate of drug-likeness (QED) is 0.557. The Hall–Kier alpha value is -0.900. The number of nitrogens with two attached hydrogens (primary N) is 1. The summed E-state index contributed by atoms with van der Waals surface area (Å²) in [6, 6.07) is 3.32. The number of hydrogen-bond acceptors (Lipinski definition) is 3. The molecular weight excluding hydrogens is 210 g/mol. The van der Waals surface area contributed by atoms with Crippen molar-refractivity contribution in [3.63, 3.8) is 0 Å². The molecule has 0 unspecified atom stereocenters. The van der Waals surface area contributed by atoms with Crippen molar-refractivity contribution in [2.75, 3.05) is 12.8 Å². The van der Waals surface area contributed by atoms with E-state index in [0.29, 0.717) is 15.9 Å². The smallest absolute Gasteiger partial charge is 0.182 e. The minimum atomic E-state index is -0.0260. The number of phenols is 1. The van der Waals surface area contributed by atoms with E-state index in [1.54, 1.807) is 12.1 Å². The van der Waals surface area contributed by atoms with Gasteiger partial charge in [0.25, 0.3) is 0 Å². The van der Waals surface area contributed by atoms with E-state index < -0.39 is 0 Å². The maximum absolute atomic E-state index is 9.30. The third-order valence-corrected chi connectivity index (χ3v) is 1.94. The predicted molar refractivity (Wildman–Crippen MR) is 46.8 cm³/mol. The van der Waals surface area contributed by atoms with Crippen LogP contribution in [0.25, 0.3) is 0 Å². The third-order valence-electron chi connectivity index (χ3n) is 1.32. The molecule has 60 valence electrons. The maximum Gasteiger partial charge on any atom is 0.182 e. The van der Waals surface area contributed by atoms with Crippen molar-refractivity contribution in [2.45, 2.75) is 0 Å². The predicted octanol–water partition coefficient (Wildman–Crippen LogP) is 1.75. The molecule has 0 aliphatic heterocycles. The molecule has 0 fully saturated rings. The van der Waals surface area contributed by atoms with E-state index in [9.17, 15) is 5.11 Å². The van der Waals surface area contributed by atoms with Gasteiger partial charge >= 0.3 is 0 Å². The fourth-order valence-electron chi connectivity index (χ4n) is 0.756. The van der Waals surface area contributed by atoms with Crippen molar-refractivity contribution in [3.05, 3.63) is 16.6 Å². The number of ether oxygens (including phenoxy) is 1. The second-order valence-corrected chi connectivity index (χ2v) is 2.87. The zero-order chi connectivity index (χ0) is 8.43. The van der Waals surface area contributed by atoms with Gasteiger partial charge in [-0.05, 0) is 28.1 Å². The van der Waals surface area contributed by atoms with Crippen molar-refractivity contribution >= 4 is 21.6 Å². The largest absolute Gasteiger partial charge is 0.503 e. The number of methoxy groups -OCH3 is 1. The Labute approximate surface area is 72.9 Å². The maximum atomic E-state index is 9.30. The molecule has 4 heteroatoms. The van der Waals surface area contributed by atoms with Gasteiger partial charge in [-0.25, -0.2) is 0 Å². The lowest BCUT2D eigenvalue weighted by molar-refractivity contribution is 0.372. The zero-order valence-corrected chi connectivity index (χ0v) is 7.55. The van der Waals surface area contributed by atoms with Crippen LogP contribution in [0.5, 0.6) is 11.5 Å². The minimum absolute atomic E-state index is 0.0260. The topological polar surface area (TPSA) is 55.5 Å². The van der Waals surface area contributed by atoms with Gasteiger partial charge in [0.15, 0.2) is 11.5 Å². The Morgan fingerprint density at radius 3 is 2.64 bits per heavy atom. The fourth-order valence-corrected chi connectivity index (χ4v) is 1.24. The van der Waals surface area contributed by atoms with Crippen LogP contribution >= 0.6 is 15.9 Å². The summed E-state index contributed by atoms with van der Waals surface area (Å²) in [5.74, 6) is 0.340. The van der Waals surface area contributed by atoms with Crippen LogP contribution < -0.4 is 10.5 Å². The monoisotopic (exact) mass is 217 g/mol. The van der Waals surface area contributed by atoms with Crippen molar-refractivity contribution in [1.29, 1.82) is 0 Å². The summed E-state index contributed by atoms with van der Waals surface area (Å²) in [5.41, 5.74) is 5.72. The van der Waals surface area contributed by atoms with Crippen LogP contribution in [0.2, 0.25) is 0 Å². The second kappa shape index (κ2) is 3.00. The van der Waals surface area contributed by atoms with Gasteiger partial charge in [0.2, 0.25) is 0 Å². The molecule has 0 aliphatic carbocycles.